The number of nitrogens with one attached hydrogen (secondary N) is 1. The van der Waals surface area contributed by atoms with Gasteiger partial charge in [0.05, 0.1) is 18.1 Å². The SMILES string of the molecule is CCN(CC(=O)Nc1ccc(C)cc1)C1CCS(=O)(=O)C1. The lowest BCUT2D eigenvalue weighted by Gasteiger charge is -2.25. The fourth-order valence-corrected chi connectivity index (χ4v) is 4.35. The quantitative estimate of drug-likeness (QED) is 0.894. The minimum Gasteiger partial charge on any atom is -0.325 e. The minimum atomic E-state index is -2.92. The molecule has 0 saturated carbocycles. The molecule has 1 aromatic rings. The molecule has 1 atom stereocenters. The maximum atomic E-state index is 12.1. The van der Waals surface area contributed by atoms with Crippen LogP contribution in [0.3, 0.4) is 0 Å². The van der Waals surface area contributed by atoms with Crippen LogP contribution >= 0.6 is 0 Å². The van der Waals surface area contributed by atoms with Crippen molar-refractivity contribution in [3.05, 3.63) is 29.8 Å². The molecule has 0 aromatic heterocycles. The number of sulfone groups is 1. The van der Waals surface area contributed by atoms with Gasteiger partial charge in [-0.05, 0) is 32.0 Å². The van der Waals surface area contributed by atoms with Gasteiger partial charge in [-0.1, -0.05) is 24.6 Å². The van der Waals surface area contributed by atoms with Crippen molar-refractivity contribution in [3.63, 3.8) is 0 Å². The topological polar surface area (TPSA) is 66.5 Å². The monoisotopic (exact) mass is 310 g/mol. The molecule has 0 spiro atoms. The second-order valence-electron chi connectivity index (χ2n) is 5.53. The summed E-state index contributed by atoms with van der Waals surface area (Å²) in [6.07, 6.45) is 0.619. The van der Waals surface area contributed by atoms with E-state index in [-0.39, 0.29) is 30.0 Å². The summed E-state index contributed by atoms with van der Waals surface area (Å²) in [5.74, 6) is 0.289. The van der Waals surface area contributed by atoms with Crippen molar-refractivity contribution in [2.45, 2.75) is 26.3 Å². The molecule has 5 nitrogen and oxygen atoms in total. The molecular formula is C15H22N2O3S. The predicted octanol–water partition coefficient (Wildman–Crippen LogP) is 1.44. The summed E-state index contributed by atoms with van der Waals surface area (Å²) in [7, 11) is -2.92. The maximum Gasteiger partial charge on any atom is 0.238 e. The first-order valence-corrected chi connectivity index (χ1v) is 9.03. The minimum absolute atomic E-state index is 0.0382. The van der Waals surface area contributed by atoms with E-state index >= 15 is 0 Å². The largest absolute Gasteiger partial charge is 0.325 e. The van der Waals surface area contributed by atoms with Crippen LogP contribution in [0.2, 0.25) is 0 Å². The molecule has 0 radical (unpaired) electrons. The molecule has 1 N–H and O–H groups in total. The highest BCUT2D eigenvalue weighted by molar-refractivity contribution is 7.91. The van der Waals surface area contributed by atoms with E-state index in [1.807, 2.05) is 43.0 Å². The lowest BCUT2D eigenvalue weighted by Crippen LogP contribution is -2.41. The Morgan fingerprint density at radius 1 is 1.33 bits per heavy atom. The van der Waals surface area contributed by atoms with Crippen LogP contribution in [0.15, 0.2) is 24.3 Å². The lowest BCUT2D eigenvalue weighted by atomic mass is 10.2. The zero-order valence-electron chi connectivity index (χ0n) is 12.5. The number of likely N-dealkylation sites (N-methyl/N-ethyl adjacent to an activating group) is 1. The van der Waals surface area contributed by atoms with Crippen LogP contribution in [0, 0.1) is 6.92 Å². The third-order valence-corrected chi connectivity index (χ3v) is 5.56. The first kappa shape index (κ1) is 16.0. The van der Waals surface area contributed by atoms with Crippen LogP contribution in [-0.4, -0.2) is 49.9 Å². The van der Waals surface area contributed by atoms with Crippen LogP contribution in [0.5, 0.6) is 0 Å². The molecule has 1 unspecified atom stereocenters. The van der Waals surface area contributed by atoms with Crippen molar-refractivity contribution in [3.8, 4) is 0 Å². The van der Waals surface area contributed by atoms with Gasteiger partial charge in [-0.3, -0.25) is 9.69 Å². The molecule has 6 heteroatoms. The van der Waals surface area contributed by atoms with Gasteiger partial charge in [-0.2, -0.15) is 0 Å². The number of carbonyl (C=O) groups excluding carboxylic acids is 1. The Morgan fingerprint density at radius 3 is 2.52 bits per heavy atom. The highest BCUT2D eigenvalue weighted by Crippen LogP contribution is 2.17. The van der Waals surface area contributed by atoms with E-state index in [2.05, 4.69) is 5.32 Å². The summed E-state index contributed by atoms with van der Waals surface area (Å²) in [4.78, 5) is 14.0. The van der Waals surface area contributed by atoms with Gasteiger partial charge in [0.1, 0.15) is 0 Å². The van der Waals surface area contributed by atoms with E-state index in [0.717, 1.165) is 11.3 Å². The number of benzene rings is 1. The molecule has 0 bridgehead atoms. The molecule has 116 valence electrons. The smallest absolute Gasteiger partial charge is 0.238 e. The standard InChI is InChI=1S/C15H22N2O3S/c1-3-17(14-8-9-21(19,20)11-14)10-15(18)16-13-6-4-12(2)5-7-13/h4-7,14H,3,8-11H2,1-2H3,(H,16,18). The normalized spacial score (nSPS) is 20.6. The lowest BCUT2D eigenvalue weighted by molar-refractivity contribution is -0.117. The average Bonchev–Trinajstić information content (AvgIpc) is 2.79. The van der Waals surface area contributed by atoms with Crippen molar-refractivity contribution in [2.75, 3.05) is 29.9 Å². The predicted molar refractivity (Wildman–Crippen MR) is 84.1 cm³/mol. The molecule has 1 aromatic carbocycles. The van der Waals surface area contributed by atoms with Crippen LogP contribution < -0.4 is 5.32 Å². The van der Waals surface area contributed by atoms with Crippen molar-refractivity contribution in [1.29, 1.82) is 0 Å². The molecule has 1 saturated heterocycles. The van der Waals surface area contributed by atoms with Crippen molar-refractivity contribution >= 4 is 21.4 Å². The van der Waals surface area contributed by atoms with E-state index in [1.165, 1.54) is 0 Å². The zero-order chi connectivity index (χ0) is 15.5. The molecular weight excluding hydrogens is 288 g/mol. The Hall–Kier alpha value is -1.40. The summed E-state index contributed by atoms with van der Waals surface area (Å²) in [5.41, 5.74) is 1.90. The summed E-state index contributed by atoms with van der Waals surface area (Å²) in [6, 6.07) is 7.57. The third-order valence-electron chi connectivity index (χ3n) is 3.81. The highest BCUT2D eigenvalue weighted by Gasteiger charge is 2.32. The molecule has 1 fully saturated rings. The number of hydrogen-bond donors (Lipinski definition) is 1. The summed E-state index contributed by atoms with van der Waals surface area (Å²) < 4.78 is 23.1. The van der Waals surface area contributed by atoms with Crippen LogP contribution in [-0.2, 0) is 14.6 Å². The van der Waals surface area contributed by atoms with Gasteiger partial charge in [-0.25, -0.2) is 8.42 Å². The second-order valence-corrected chi connectivity index (χ2v) is 7.76. The second kappa shape index (κ2) is 6.58. The summed E-state index contributed by atoms with van der Waals surface area (Å²) in [5, 5.41) is 2.85. The first-order valence-electron chi connectivity index (χ1n) is 7.20. The number of rotatable bonds is 5. The van der Waals surface area contributed by atoms with Gasteiger partial charge in [0, 0.05) is 11.7 Å². The van der Waals surface area contributed by atoms with Crippen molar-refractivity contribution in [2.24, 2.45) is 0 Å². The van der Waals surface area contributed by atoms with Crippen LogP contribution in [0.4, 0.5) is 5.69 Å². The van der Waals surface area contributed by atoms with Crippen molar-refractivity contribution < 1.29 is 13.2 Å². The Labute approximate surface area is 126 Å². The Kier molecular flexibility index (Phi) is 5.00. The molecule has 21 heavy (non-hydrogen) atoms. The number of nitrogens with zero attached hydrogens (tertiary/aromatic N) is 1. The van der Waals surface area contributed by atoms with Gasteiger partial charge in [-0.15, -0.1) is 0 Å². The van der Waals surface area contributed by atoms with Gasteiger partial charge in [0.2, 0.25) is 5.91 Å². The maximum absolute atomic E-state index is 12.1. The number of hydrogen-bond acceptors (Lipinski definition) is 4. The molecule has 1 amide bonds. The number of aryl methyl sites for hydroxylation is 1. The Bertz CT molecular complexity index is 596. The van der Waals surface area contributed by atoms with Gasteiger partial charge in [0.15, 0.2) is 9.84 Å². The Balaban J connectivity index is 1.92. The van der Waals surface area contributed by atoms with Crippen LogP contribution in [0.1, 0.15) is 18.9 Å². The fraction of sp³-hybridized carbons (Fsp3) is 0.533. The fourth-order valence-electron chi connectivity index (χ4n) is 2.58. The van der Waals surface area contributed by atoms with E-state index < -0.39 is 9.84 Å². The number of amides is 1. The van der Waals surface area contributed by atoms with Gasteiger partial charge >= 0.3 is 0 Å². The van der Waals surface area contributed by atoms with Crippen LogP contribution in [0.25, 0.3) is 0 Å². The average molecular weight is 310 g/mol. The van der Waals surface area contributed by atoms with E-state index in [0.29, 0.717) is 13.0 Å². The summed E-state index contributed by atoms with van der Waals surface area (Å²) in [6.45, 7) is 4.83. The molecule has 0 aliphatic carbocycles. The molecule has 1 aliphatic rings. The Morgan fingerprint density at radius 2 is 2.00 bits per heavy atom. The number of anilines is 1. The van der Waals surface area contributed by atoms with E-state index in [4.69, 9.17) is 0 Å². The number of carbonyl (C=O) groups is 1. The first-order chi connectivity index (χ1) is 9.89. The third kappa shape index (κ3) is 4.54. The highest BCUT2D eigenvalue weighted by atomic mass is 32.2. The zero-order valence-corrected chi connectivity index (χ0v) is 13.3. The molecule has 1 heterocycles. The van der Waals surface area contributed by atoms with E-state index in [9.17, 15) is 13.2 Å². The van der Waals surface area contributed by atoms with Crippen molar-refractivity contribution in [1.82, 2.24) is 4.90 Å². The molecule has 1 aliphatic heterocycles. The molecule has 2 rings (SSSR count). The summed E-state index contributed by atoms with van der Waals surface area (Å²) >= 11 is 0. The van der Waals surface area contributed by atoms with E-state index in [1.54, 1.807) is 0 Å². The van der Waals surface area contributed by atoms with Gasteiger partial charge in [0.25, 0.3) is 0 Å². The van der Waals surface area contributed by atoms with Gasteiger partial charge < -0.3 is 5.32 Å².